The Morgan fingerprint density at radius 2 is 2.04 bits per heavy atom. The number of nitro groups is 1. The highest BCUT2D eigenvalue weighted by Gasteiger charge is 2.08. The van der Waals surface area contributed by atoms with E-state index in [2.05, 4.69) is 10.2 Å². The van der Waals surface area contributed by atoms with Gasteiger partial charge in [0, 0.05) is 29.2 Å². The van der Waals surface area contributed by atoms with Gasteiger partial charge in [0.15, 0.2) is 5.03 Å². The molecule has 0 fully saturated rings. The fourth-order valence-electron chi connectivity index (χ4n) is 2.61. The van der Waals surface area contributed by atoms with Crippen LogP contribution in [0.1, 0.15) is 11.1 Å². The van der Waals surface area contributed by atoms with E-state index < -0.39 is 11.0 Å². The van der Waals surface area contributed by atoms with Gasteiger partial charge in [0.1, 0.15) is 0 Å². The van der Waals surface area contributed by atoms with Gasteiger partial charge in [-0.05, 0) is 23.8 Å². The molecule has 3 rings (SSSR count). The fourth-order valence-corrected chi connectivity index (χ4v) is 2.93. The van der Waals surface area contributed by atoms with Gasteiger partial charge in [-0.25, -0.2) is 10.1 Å². The van der Waals surface area contributed by atoms with Gasteiger partial charge in [0.25, 0.3) is 5.96 Å². The summed E-state index contributed by atoms with van der Waals surface area (Å²) in [5.41, 5.74) is 9.84. The van der Waals surface area contributed by atoms with Crippen molar-refractivity contribution in [3.63, 3.8) is 0 Å². The van der Waals surface area contributed by atoms with Gasteiger partial charge in [-0.1, -0.05) is 52.9 Å². The molecule has 0 unspecified atom stereocenters. The standard InChI is InChI=1S/C17H14Cl2N6O2/c18-14-6-5-11(7-15(14)19)9-24-10-12(13-3-1-2-4-16(13)24)8-21-22-17(20)23-25(26)27/h1-8,10H,9H2,(H3,20,22,23)/b21-8-. The molecule has 0 atom stereocenters. The van der Waals surface area contributed by atoms with Crippen LogP contribution in [0.4, 0.5) is 0 Å². The molecule has 0 aliphatic heterocycles. The van der Waals surface area contributed by atoms with Gasteiger partial charge in [-0.2, -0.15) is 5.10 Å². The second-order valence-corrected chi connectivity index (χ2v) is 6.39. The summed E-state index contributed by atoms with van der Waals surface area (Å²) in [6.45, 7) is 0.583. The van der Waals surface area contributed by atoms with E-state index in [9.17, 15) is 10.1 Å². The summed E-state index contributed by atoms with van der Waals surface area (Å²) in [7, 11) is 0. The molecule has 0 bridgehead atoms. The average Bonchev–Trinajstić information content (AvgIpc) is 2.96. The van der Waals surface area contributed by atoms with E-state index >= 15 is 0 Å². The van der Waals surface area contributed by atoms with Gasteiger partial charge in [-0.3, -0.25) is 0 Å². The lowest BCUT2D eigenvalue weighted by Crippen LogP contribution is -2.35. The van der Waals surface area contributed by atoms with Crippen molar-refractivity contribution < 1.29 is 5.03 Å². The average molecular weight is 405 g/mol. The van der Waals surface area contributed by atoms with Crippen molar-refractivity contribution in [3.05, 3.63) is 79.9 Å². The maximum atomic E-state index is 10.3. The number of hydrogen-bond acceptors (Lipinski definition) is 4. The highest BCUT2D eigenvalue weighted by Crippen LogP contribution is 2.25. The first kappa shape index (κ1) is 18.7. The second-order valence-electron chi connectivity index (χ2n) is 5.58. The smallest absolute Gasteiger partial charge is 0.275 e. The molecule has 138 valence electrons. The molecule has 0 spiro atoms. The summed E-state index contributed by atoms with van der Waals surface area (Å²) in [5, 5.41) is 18.8. The van der Waals surface area contributed by atoms with Crippen molar-refractivity contribution in [1.82, 2.24) is 9.99 Å². The number of hydrogen-bond donors (Lipinski definition) is 2. The van der Waals surface area contributed by atoms with Crippen LogP contribution in [0.5, 0.6) is 0 Å². The van der Waals surface area contributed by atoms with Gasteiger partial charge in [0.05, 0.1) is 16.3 Å². The van der Waals surface area contributed by atoms with Crippen molar-refractivity contribution in [1.29, 1.82) is 0 Å². The molecule has 8 nitrogen and oxygen atoms in total. The Morgan fingerprint density at radius 1 is 1.26 bits per heavy atom. The highest BCUT2D eigenvalue weighted by atomic mass is 35.5. The summed E-state index contributed by atoms with van der Waals surface area (Å²) in [6.07, 6.45) is 3.39. The molecule has 3 N–H and O–H groups in total. The lowest BCUT2D eigenvalue weighted by Gasteiger charge is -2.06. The molecule has 0 aliphatic rings. The largest absolute Gasteiger partial charge is 0.364 e. The number of nitrogens with one attached hydrogen (secondary N) is 1. The molecule has 0 radical (unpaired) electrons. The normalized spacial score (nSPS) is 12.0. The molecule has 0 saturated heterocycles. The molecule has 0 aliphatic carbocycles. The van der Waals surface area contributed by atoms with Gasteiger partial charge >= 0.3 is 0 Å². The summed E-state index contributed by atoms with van der Waals surface area (Å²) < 4.78 is 2.04. The number of hydrazine groups is 1. The maximum Gasteiger partial charge on any atom is 0.275 e. The van der Waals surface area contributed by atoms with Crippen LogP contribution in [0.3, 0.4) is 0 Å². The zero-order chi connectivity index (χ0) is 19.4. The molecule has 1 aromatic heterocycles. The molecule has 2 aromatic carbocycles. The minimum absolute atomic E-state index is 0.407. The highest BCUT2D eigenvalue weighted by molar-refractivity contribution is 6.42. The summed E-state index contributed by atoms with van der Waals surface area (Å²) in [4.78, 5) is 10.3. The number of aromatic nitrogens is 1. The van der Waals surface area contributed by atoms with Crippen molar-refractivity contribution in [2.45, 2.75) is 6.54 Å². The number of fused-ring (bicyclic) bond motifs is 1. The van der Waals surface area contributed by atoms with E-state index in [1.54, 1.807) is 11.5 Å². The number of halogens is 2. The third-order valence-corrected chi connectivity index (χ3v) is 4.46. The number of rotatable bonds is 5. The van der Waals surface area contributed by atoms with E-state index in [0.717, 1.165) is 22.0 Å². The van der Waals surface area contributed by atoms with Crippen LogP contribution in [-0.4, -0.2) is 21.8 Å². The molecule has 0 amide bonds. The first-order valence-corrected chi connectivity index (χ1v) is 8.49. The first-order chi connectivity index (χ1) is 12.9. The zero-order valence-corrected chi connectivity index (χ0v) is 15.4. The topological polar surface area (TPSA) is 111 Å². The Hall–Kier alpha value is -3.10. The molecule has 0 saturated carbocycles. The molecule has 10 heteroatoms. The number of para-hydroxylation sites is 1. The minimum Gasteiger partial charge on any atom is -0.364 e. The van der Waals surface area contributed by atoms with Gasteiger partial charge < -0.3 is 10.3 Å². The van der Waals surface area contributed by atoms with E-state index in [4.69, 9.17) is 28.9 Å². The third kappa shape index (κ3) is 4.55. The van der Waals surface area contributed by atoms with Crippen LogP contribution in [0.2, 0.25) is 10.0 Å². The Morgan fingerprint density at radius 3 is 2.78 bits per heavy atom. The number of nitrogens with two attached hydrogens (primary N) is 1. The second kappa shape index (κ2) is 8.07. The van der Waals surface area contributed by atoms with E-state index in [1.807, 2.05) is 47.2 Å². The summed E-state index contributed by atoms with van der Waals surface area (Å²) in [6, 6.07) is 13.3. The van der Waals surface area contributed by atoms with Crippen LogP contribution in [0, 0.1) is 10.1 Å². The number of benzene rings is 2. The molecular formula is C17H14Cl2N6O2. The van der Waals surface area contributed by atoms with E-state index in [0.29, 0.717) is 16.6 Å². The third-order valence-electron chi connectivity index (χ3n) is 3.72. The fraction of sp³-hybridized carbons (Fsp3) is 0.0588. The number of nitrogens with zero attached hydrogens (tertiary/aromatic N) is 4. The number of guanidine groups is 1. The van der Waals surface area contributed by atoms with Crippen LogP contribution >= 0.6 is 23.2 Å². The van der Waals surface area contributed by atoms with E-state index in [-0.39, 0.29) is 0 Å². The monoisotopic (exact) mass is 404 g/mol. The lowest BCUT2D eigenvalue weighted by atomic mass is 10.2. The Bertz CT molecular complexity index is 1060. The predicted molar refractivity (Wildman–Crippen MR) is 107 cm³/mol. The van der Waals surface area contributed by atoms with Crippen molar-refractivity contribution >= 4 is 46.3 Å². The van der Waals surface area contributed by atoms with Crippen molar-refractivity contribution in [2.75, 3.05) is 0 Å². The maximum absolute atomic E-state index is 10.3. The van der Waals surface area contributed by atoms with Crippen molar-refractivity contribution in [2.24, 2.45) is 15.9 Å². The van der Waals surface area contributed by atoms with Crippen LogP contribution in [-0.2, 0) is 6.54 Å². The SMILES string of the molecule is NC(=N/N=C\c1cn(Cc2ccc(Cl)c(Cl)c2)c2ccccc12)N[N+](=O)[O-]. The van der Waals surface area contributed by atoms with Crippen LogP contribution < -0.4 is 11.2 Å². The zero-order valence-electron chi connectivity index (χ0n) is 13.8. The van der Waals surface area contributed by atoms with Crippen LogP contribution in [0.25, 0.3) is 10.9 Å². The van der Waals surface area contributed by atoms with E-state index in [1.165, 1.54) is 6.21 Å². The molecule has 1 heterocycles. The Kier molecular flexibility index (Phi) is 5.58. The van der Waals surface area contributed by atoms with Crippen LogP contribution in [0.15, 0.2) is 58.9 Å². The van der Waals surface area contributed by atoms with Gasteiger partial charge in [-0.15, -0.1) is 5.10 Å². The quantitative estimate of drug-likeness (QED) is 0.293. The molecule has 3 aromatic rings. The summed E-state index contributed by atoms with van der Waals surface area (Å²) in [5.74, 6) is -0.407. The Balaban J connectivity index is 1.91. The van der Waals surface area contributed by atoms with Crippen molar-refractivity contribution in [3.8, 4) is 0 Å². The minimum atomic E-state index is -0.808. The van der Waals surface area contributed by atoms with Gasteiger partial charge in [0.2, 0.25) is 0 Å². The lowest BCUT2D eigenvalue weighted by molar-refractivity contribution is -0.525. The first-order valence-electron chi connectivity index (χ1n) is 7.73. The summed E-state index contributed by atoms with van der Waals surface area (Å²) >= 11 is 12.1. The Labute approximate surface area is 164 Å². The molecule has 27 heavy (non-hydrogen) atoms. The predicted octanol–water partition coefficient (Wildman–Crippen LogP) is 3.43. The molecular weight excluding hydrogens is 391 g/mol.